The predicted octanol–water partition coefficient (Wildman–Crippen LogP) is 5.59. The second-order valence-corrected chi connectivity index (χ2v) is 22.8. The van der Waals surface area contributed by atoms with Gasteiger partial charge in [-0.2, -0.15) is 5.10 Å². The van der Waals surface area contributed by atoms with Crippen molar-refractivity contribution in [3.63, 3.8) is 0 Å². The van der Waals surface area contributed by atoms with Crippen LogP contribution in [-0.2, 0) is 60.9 Å². The normalized spacial score (nSPS) is 21.6. The highest BCUT2D eigenvalue weighted by atomic mass is 19.1. The summed E-state index contributed by atoms with van der Waals surface area (Å²) in [7, 11) is 0. The van der Waals surface area contributed by atoms with Gasteiger partial charge in [0, 0.05) is 107 Å². The van der Waals surface area contributed by atoms with E-state index in [0.717, 1.165) is 4.90 Å². The van der Waals surface area contributed by atoms with Gasteiger partial charge < -0.3 is 54.9 Å². The maximum absolute atomic E-state index is 15.3. The fourth-order valence-corrected chi connectivity index (χ4v) is 10.5. The first kappa shape index (κ1) is 65.1. The first-order valence-electron chi connectivity index (χ1n) is 29.6. The molecule has 23 nitrogen and oxygen atoms in total. The lowest BCUT2D eigenvalue weighted by atomic mass is 9.91. The number of unbranched alkanes of at least 4 members (excludes halogenated alkanes) is 2. The molecule has 4 aliphatic heterocycles. The zero-order chi connectivity index (χ0) is 62.0. The number of rotatable bonds is 20. The Hall–Kier alpha value is -8.41. The number of hydrogen-bond acceptors (Lipinski definition) is 15. The minimum Gasteiger partial charge on any atom is -0.457 e. The Labute approximate surface area is 500 Å². The molecule has 1 aromatic heterocycles. The number of esters is 1. The van der Waals surface area contributed by atoms with Crippen molar-refractivity contribution in [2.75, 3.05) is 69.1 Å². The van der Waals surface area contributed by atoms with Gasteiger partial charge in [0.2, 0.25) is 23.6 Å². The number of piperazine rings is 2. The number of cyclic esters (lactones) is 1. The van der Waals surface area contributed by atoms with Gasteiger partial charge in [0.05, 0.1) is 12.5 Å². The van der Waals surface area contributed by atoms with Gasteiger partial charge in [-0.25, -0.2) is 14.0 Å². The number of anilines is 2. The molecule has 7 rings (SSSR count). The molecule has 0 radical (unpaired) electrons. The smallest absolute Gasteiger partial charge is 0.410 e. The van der Waals surface area contributed by atoms with Crippen LogP contribution in [-0.4, -0.2) is 177 Å². The van der Waals surface area contributed by atoms with E-state index in [1.807, 2.05) is 30.9 Å². The van der Waals surface area contributed by atoms with Crippen molar-refractivity contribution >= 4 is 71.0 Å². The molecule has 0 bridgehead atoms. The summed E-state index contributed by atoms with van der Waals surface area (Å²) < 4.78 is 34.6. The highest BCUT2D eigenvalue weighted by Gasteiger charge is 2.32. The van der Waals surface area contributed by atoms with E-state index in [4.69, 9.17) is 14.2 Å². The molecule has 464 valence electrons. The van der Waals surface area contributed by atoms with Crippen LogP contribution >= 0.6 is 0 Å². The molecule has 0 aliphatic carbocycles. The van der Waals surface area contributed by atoms with Crippen molar-refractivity contribution in [2.45, 2.75) is 130 Å². The Bertz CT molecular complexity index is 2950. The summed E-state index contributed by atoms with van der Waals surface area (Å²) >= 11 is 0. The van der Waals surface area contributed by atoms with Gasteiger partial charge in [0.1, 0.15) is 43.3 Å². The molecule has 2 saturated heterocycles. The molecule has 7 atom stereocenters. The maximum Gasteiger partial charge on any atom is 0.410 e. The van der Waals surface area contributed by atoms with Crippen LogP contribution in [0.15, 0.2) is 90.8 Å². The van der Waals surface area contributed by atoms with Gasteiger partial charge in [-0.3, -0.25) is 43.1 Å². The fourth-order valence-electron chi connectivity index (χ4n) is 10.5. The van der Waals surface area contributed by atoms with Crippen LogP contribution in [0.4, 0.5) is 25.4 Å². The third kappa shape index (κ3) is 19.0. The highest BCUT2D eigenvalue weighted by molar-refractivity contribution is 6.12. The molecule has 2 fully saturated rings. The van der Waals surface area contributed by atoms with Crippen molar-refractivity contribution < 1.29 is 66.9 Å². The van der Waals surface area contributed by atoms with Gasteiger partial charge in [-0.1, -0.05) is 58.4 Å². The monoisotopic (exact) mass is 1190 g/mol. The highest BCUT2D eigenvalue weighted by Crippen LogP contribution is 2.28. The summed E-state index contributed by atoms with van der Waals surface area (Å²) in [5.41, 5.74) is 2.89. The summed E-state index contributed by atoms with van der Waals surface area (Å²) in [5, 5.41) is 23.2. The van der Waals surface area contributed by atoms with E-state index in [-0.39, 0.29) is 101 Å². The molecular formula is C62H81FN10O13. The van der Waals surface area contributed by atoms with E-state index in [1.165, 1.54) is 41.0 Å². The molecule has 8 amide bonds. The number of carbonyl (C=O) groups is 9. The average Bonchev–Trinajstić information content (AvgIpc) is 2.46. The number of imide groups is 1. The molecular weight excluding hydrogens is 1110 g/mol. The second kappa shape index (κ2) is 31.1. The summed E-state index contributed by atoms with van der Waals surface area (Å²) in [6.45, 7) is 13.6. The van der Waals surface area contributed by atoms with E-state index in [1.54, 1.807) is 85.2 Å². The molecule has 0 unspecified atom stereocenters. The Morgan fingerprint density at radius 3 is 2.15 bits per heavy atom. The third-order valence-electron chi connectivity index (χ3n) is 15.7. The van der Waals surface area contributed by atoms with E-state index in [9.17, 15) is 48.3 Å². The quantitative estimate of drug-likeness (QED) is 0.0353. The first-order chi connectivity index (χ1) is 41.1. The lowest BCUT2D eigenvalue weighted by molar-refractivity contribution is -0.151. The number of aliphatic hydroxyl groups excluding tert-OH is 1. The summed E-state index contributed by atoms with van der Waals surface area (Å²) in [6, 6.07) is 11.2. The van der Waals surface area contributed by atoms with Gasteiger partial charge in [0.25, 0.3) is 11.8 Å². The Morgan fingerprint density at radius 2 is 1.49 bits per heavy atom. The minimum absolute atomic E-state index is 0.0475. The second-order valence-electron chi connectivity index (χ2n) is 22.8. The largest absolute Gasteiger partial charge is 0.457 e. The van der Waals surface area contributed by atoms with Crippen LogP contribution in [0.25, 0.3) is 6.08 Å². The van der Waals surface area contributed by atoms with E-state index in [2.05, 4.69) is 21.0 Å². The van der Waals surface area contributed by atoms with E-state index < -0.39 is 72.1 Å². The number of benzene rings is 2. The molecule has 4 aliphatic rings. The fraction of sp³-hybridized carbons (Fsp3) is 0.516. The number of nitrogens with one attached hydrogen (secondary N) is 3. The van der Waals surface area contributed by atoms with Crippen molar-refractivity contribution in [1.82, 2.24) is 40.0 Å². The molecule has 86 heavy (non-hydrogen) atoms. The van der Waals surface area contributed by atoms with Crippen molar-refractivity contribution in [3.8, 4) is 0 Å². The molecule has 5 heterocycles. The molecule has 24 heteroatoms. The van der Waals surface area contributed by atoms with E-state index >= 15 is 4.39 Å². The van der Waals surface area contributed by atoms with Crippen molar-refractivity contribution in [1.29, 1.82) is 0 Å². The molecule has 2 aromatic carbocycles. The van der Waals surface area contributed by atoms with Crippen LogP contribution in [0.1, 0.15) is 97.6 Å². The van der Waals surface area contributed by atoms with Gasteiger partial charge in [-0.15, -0.1) is 0 Å². The van der Waals surface area contributed by atoms with Gasteiger partial charge >= 0.3 is 18.2 Å². The number of ether oxygens (including phenoxy) is 3. The maximum atomic E-state index is 15.3. The van der Waals surface area contributed by atoms with Gasteiger partial charge in [0.15, 0.2) is 0 Å². The number of carbonyl (C=O) groups excluding carboxylic acids is 9. The number of hydrogen-bond donors (Lipinski definition) is 4. The topological polar surface area (TPSA) is 272 Å². The molecule has 3 aromatic rings. The summed E-state index contributed by atoms with van der Waals surface area (Å²) in [6.07, 6.45) is 9.71. The van der Waals surface area contributed by atoms with Crippen LogP contribution in [0.3, 0.4) is 0 Å². The lowest BCUT2D eigenvalue weighted by Gasteiger charge is -2.36. The van der Waals surface area contributed by atoms with Crippen LogP contribution in [0, 0.1) is 23.6 Å². The number of nitrogens with zero attached hydrogens (tertiary/aromatic N) is 7. The van der Waals surface area contributed by atoms with Crippen molar-refractivity contribution in [3.05, 3.63) is 108 Å². The van der Waals surface area contributed by atoms with Crippen molar-refractivity contribution in [2.24, 2.45) is 17.8 Å². The van der Waals surface area contributed by atoms with Gasteiger partial charge in [-0.05, 0) is 111 Å². The molecule has 0 saturated carbocycles. The number of amides is 8. The third-order valence-corrected chi connectivity index (χ3v) is 15.7. The summed E-state index contributed by atoms with van der Waals surface area (Å²) in [5.74, 6) is -4.11. The lowest BCUT2D eigenvalue weighted by Crippen LogP contribution is -2.53. The number of aliphatic hydroxyl groups is 1. The SMILES string of the molecule is C/C(=C\c1cc(F)cc(N2CCN(C(=O)Cn3cccn3)CC2)c1)[C@H]1OC(=O)C[C@H](O)CC[C@H](C)[C@@H](OC(=O)N2CCN(C(=O)OCc3ccc(NC(=O)[C@H](C)NC(=O)[C@@H](NC(=O)CCCCCN4C(=O)C=CC4=O)C(C)C)cc3)CC2)/C=C\[C@@H]1C. The Balaban J connectivity index is 0.846. The van der Waals surface area contributed by atoms with Crippen LogP contribution in [0.2, 0.25) is 0 Å². The number of halogens is 1. The standard InChI is InChI=1S/C62H81FN10O13/c1-40(2)57(67-52(75)11-8-7-9-24-73-53(76)20-21-54(73)77)60(81)65-44(6)59(80)66-48-16-14-45(15-17-48)39-84-61(82)70-29-31-71(32-30-70)62(83)85-51-19-13-42(4)58(86-56(79)37-50(74)18-12-41(51)3)43(5)33-46-34-47(63)36-49(35-46)68-25-27-69(28-26-68)55(78)38-72-23-10-22-64-72/h10,13-17,19-23,33-36,40-42,44,50-51,57-58,74H,7-9,11-12,18,24-32,37-39H2,1-6H3,(H,65,81)(H,66,80)(H,67,75)/b19-13-,43-33+/t41-,42-,44-,50+,51-,57-,58-/m0/s1. The predicted molar refractivity (Wildman–Crippen MR) is 316 cm³/mol. The first-order valence-corrected chi connectivity index (χ1v) is 29.6. The van der Waals surface area contributed by atoms with E-state index in [0.29, 0.717) is 79.9 Å². The van der Waals surface area contributed by atoms with Crippen LogP contribution in [0.5, 0.6) is 0 Å². The summed E-state index contributed by atoms with van der Waals surface area (Å²) in [4.78, 5) is 124. The minimum atomic E-state index is -1.01. The Kier molecular flexibility index (Phi) is 23.6. The number of aromatic nitrogens is 2. The molecule has 4 N–H and O–H groups in total. The average molecular weight is 1190 g/mol. The zero-order valence-electron chi connectivity index (χ0n) is 49.9. The molecule has 0 spiro atoms. The van der Waals surface area contributed by atoms with Crippen LogP contribution < -0.4 is 20.9 Å². The zero-order valence-corrected chi connectivity index (χ0v) is 49.9. The Morgan fingerprint density at radius 1 is 0.814 bits per heavy atom.